The number of benzene rings is 1. The van der Waals surface area contributed by atoms with Crippen molar-refractivity contribution in [3.63, 3.8) is 0 Å². The summed E-state index contributed by atoms with van der Waals surface area (Å²) in [6.45, 7) is 1.24. The van der Waals surface area contributed by atoms with Gasteiger partial charge in [0.1, 0.15) is 6.10 Å². The zero-order chi connectivity index (χ0) is 13.1. The number of aromatic nitrogens is 1. The molecule has 2 heterocycles. The lowest BCUT2D eigenvalue weighted by Gasteiger charge is -2.26. The maximum absolute atomic E-state index is 5.98. The van der Waals surface area contributed by atoms with Crippen LogP contribution < -0.4 is 5.73 Å². The second kappa shape index (κ2) is 5.74. The highest BCUT2D eigenvalue weighted by Crippen LogP contribution is 2.25. The van der Waals surface area contributed by atoms with E-state index in [1.165, 1.54) is 5.39 Å². The second-order valence-corrected chi connectivity index (χ2v) is 4.97. The van der Waals surface area contributed by atoms with Crippen molar-refractivity contribution in [1.82, 2.24) is 4.98 Å². The molecular formula is C15H20N2O2. The second-order valence-electron chi connectivity index (χ2n) is 4.97. The van der Waals surface area contributed by atoms with E-state index in [4.69, 9.17) is 15.2 Å². The van der Waals surface area contributed by atoms with Gasteiger partial charge in [0.25, 0.3) is 0 Å². The Morgan fingerprint density at radius 1 is 1.37 bits per heavy atom. The Morgan fingerprint density at radius 3 is 3.00 bits per heavy atom. The molecule has 3 rings (SSSR count). The predicted molar refractivity (Wildman–Crippen MR) is 74.8 cm³/mol. The third kappa shape index (κ3) is 2.81. The van der Waals surface area contributed by atoms with Gasteiger partial charge in [-0.25, -0.2) is 0 Å². The van der Waals surface area contributed by atoms with Gasteiger partial charge in [0, 0.05) is 24.4 Å². The van der Waals surface area contributed by atoms with Crippen molar-refractivity contribution in [2.24, 2.45) is 5.73 Å². The maximum atomic E-state index is 5.98. The van der Waals surface area contributed by atoms with E-state index in [0.717, 1.165) is 37.1 Å². The van der Waals surface area contributed by atoms with E-state index in [1.807, 2.05) is 12.1 Å². The highest BCUT2D eigenvalue weighted by atomic mass is 16.7. The smallest absolute Gasteiger partial charge is 0.158 e. The average molecular weight is 260 g/mol. The van der Waals surface area contributed by atoms with Crippen molar-refractivity contribution in [2.75, 3.05) is 13.2 Å². The van der Waals surface area contributed by atoms with Gasteiger partial charge in [-0.2, -0.15) is 0 Å². The number of nitrogens with one attached hydrogen (secondary N) is 1. The van der Waals surface area contributed by atoms with Gasteiger partial charge in [-0.3, -0.25) is 0 Å². The van der Waals surface area contributed by atoms with E-state index in [1.54, 1.807) is 0 Å². The summed E-state index contributed by atoms with van der Waals surface area (Å²) in [5.74, 6) is 0. The maximum Gasteiger partial charge on any atom is 0.158 e. The van der Waals surface area contributed by atoms with Crippen LogP contribution in [0.1, 0.15) is 31.1 Å². The van der Waals surface area contributed by atoms with Gasteiger partial charge < -0.3 is 20.2 Å². The lowest BCUT2D eigenvalue weighted by atomic mass is 10.2. The third-order valence-corrected chi connectivity index (χ3v) is 3.57. The number of para-hydroxylation sites is 1. The summed E-state index contributed by atoms with van der Waals surface area (Å²) in [6, 6.07) is 10.3. The molecule has 0 radical (unpaired) electrons. The first-order valence-corrected chi connectivity index (χ1v) is 6.91. The molecule has 102 valence electrons. The van der Waals surface area contributed by atoms with Crippen LogP contribution in [0.15, 0.2) is 30.3 Å². The van der Waals surface area contributed by atoms with Crippen molar-refractivity contribution >= 4 is 10.9 Å². The molecule has 0 amide bonds. The fraction of sp³-hybridized carbons (Fsp3) is 0.467. The molecule has 4 nitrogen and oxygen atoms in total. The van der Waals surface area contributed by atoms with E-state index in [2.05, 4.69) is 23.2 Å². The quantitative estimate of drug-likeness (QED) is 0.888. The van der Waals surface area contributed by atoms with Gasteiger partial charge in [-0.15, -0.1) is 0 Å². The zero-order valence-electron chi connectivity index (χ0n) is 11.0. The first kappa shape index (κ1) is 12.7. The molecule has 0 aliphatic carbocycles. The highest BCUT2D eigenvalue weighted by molar-refractivity contribution is 5.80. The van der Waals surface area contributed by atoms with Gasteiger partial charge in [-0.1, -0.05) is 18.2 Å². The Hall–Kier alpha value is -1.36. The van der Waals surface area contributed by atoms with E-state index >= 15 is 0 Å². The molecule has 2 aromatic rings. The molecule has 0 saturated carbocycles. The van der Waals surface area contributed by atoms with Crippen molar-refractivity contribution < 1.29 is 9.47 Å². The summed E-state index contributed by atoms with van der Waals surface area (Å²) in [5.41, 5.74) is 7.98. The van der Waals surface area contributed by atoms with E-state index in [-0.39, 0.29) is 12.4 Å². The fourth-order valence-corrected chi connectivity index (χ4v) is 2.53. The number of hydrogen-bond donors (Lipinski definition) is 2. The SMILES string of the molecule is NCC(OC1CCCCO1)c1cc2ccccc2[nH]1. The molecule has 1 fully saturated rings. The topological polar surface area (TPSA) is 60.3 Å². The Labute approximate surface area is 112 Å². The van der Waals surface area contributed by atoms with Crippen LogP contribution in [-0.4, -0.2) is 24.4 Å². The summed E-state index contributed by atoms with van der Waals surface area (Å²) in [6.07, 6.45) is 2.99. The van der Waals surface area contributed by atoms with Crippen LogP contribution in [0.2, 0.25) is 0 Å². The molecule has 1 aromatic carbocycles. The number of H-pyrrole nitrogens is 1. The summed E-state index contributed by atoms with van der Waals surface area (Å²) in [4.78, 5) is 3.38. The first-order chi connectivity index (χ1) is 9.36. The lowest BCUT2D eigenvalue weighted by molar-refractivity contribution is -0.188. The minimum absolute atomic E-state index is 0.117. The minimum Gasteiger partial charge on any atom is -0.356 e. The van der Waals surface area contributed by atoms with E-state index < -0.39 is 0 Å². The molecular weight excluding hydrogens is 240 g/mol. The van der Waals surface area contributed by atoms with Crippen LogP contribution in [0, 0.1) is 0 Å². The standard InChI is InChI=1S/C15H20N2O2/c16-10-14(19-15-7-3-4-8-18-15)13-9-11-5-1-2-6-12(11)17-13/h1-2,5-6,9,14-15,17H,3-4,7-8,10,16H2. The van der Waals surface area contributed by atoms with Crippen LogP contribution in [-0.2, 0) is 9.47 Å². The summed E-state index contributed by atoms with van der Waals surface area (Å²) < 4.78 is 11.6. The zero-order valence-corrected chi connectivity index (χ0v) is 11.0. The van der Waals surface area contributed by atoms with Gasteiger partial charge in [0.05, 0.1) is 0 Å². The molecule has 3 N–H and O–H groups in total. The molecule has 0 bridgehead atoms. The summed E-state index contributed by atoms with van der Waals surface area (Å²) in [5, 5.41) is 1.18. The monoisotopic (exact) mass is 260 g/mol. The molecule has 1 aliphatic heterocycles. The van der Waals surface area contributed by atoms with Crippen molar-refractivity contribution in [2.45, 2.75) is 31.7 Å². The van der Waals surface area contributed by atoms with Gasteiger partial charge in [-0.05, 0) is 36.8 Å². The van der Waals surface area contributed by atoms with Gasteiger partial charge >= 0.3 is 0 Å². The van der Waals surface area contributed by atoms with Crippen LogP contribution in [0.3, 0.4) is 0 Å². The van der Waals surface area contributed by atoms with Gasteiger partial charge in [0.2, 0.25) is 0 Å². The number of hydrogen-bond acceptors (Lipinski definition) is 3. The lowest BCUT2D eigenvalue weighted by Crippen LogP contribution is -2.27. The fourth-order valence-electron chi connectivity index (χ4n) is 2.53. The number of ether oxygens (including phenoxy) is 2. The average Bonchev–Trinajstić information content (AvgIpc) is 2.89. The first-order valence-electron chi connectivity index (χ1n) is 6.91. The number of fused-ring (bicyclic) bond motifs is 1. The Kier molecular flexibility index (Phi) is 3.82. The molecule has 4 heteroatoms. The number of rotatable bonds is 4. The van der Waals surface area contributed by atoms with E-state index in [0.29, 0.717) is 6.54 Å². The molecule has 0 spiro atoms. The van der Waals surface area contributed by atoms with Crippen molar-refractivity contribution in [3.05, 3.63) is 36.0 Å². The van der Waals surface area contributed by atoms with Crippen LogP contribution in [0.25, 0.3) is 10.9 Å². The molecule has 1 aromatic heterocycles. The molecule has 1 aliphatic rings. The van der Waals surface area contributed by atoms with Crippen molar-refractivity contribution in [3.8, 4) is 0 Å². The summed E-state index contributed by atoms with van der Waals surface area (Å²) >= 11 is 0. The van der Waals surface area contributed by atoms with Crippen LogP contribution in [0.5, 0.6) is 0 Å². The highest BCUT2D eigenvalue weighted by Gasteiger charge is 2.21. The van der Waals surface area contributed by atoms with Crippen molar-refractivity contribution in [1.29, 1.82) is 0 Å². The molecule has 19 heavy (non-hydrogen) atoms. The molecule has 2 unspecified atom stereocenters. The third-order valence-electron chi connectivity index (χ3n) is 3.57. The molecule has 1 saturated heterocycles. The Balaban J connectivity index is 1.76. The van der Waals surface area contributed by atoms with Gasteiger partial charge in [0.15, 0.2) is 6.29 Å². The summed E-state index contributed by atoms with van der Waals surface area (Å²) in [7, 11) is 0. The Morgan fingerprint density at radius 2 is 2.26 bits per heavy atom. The van der Waals surface area contributed by atoms with Crippen LogP contribution >= 0.6 is 0 Å². The minimum atomic E-state index is -0.129. The van der Waals surface area contributed by atoms with Crippen LogP contribution in [0.4, 0.5) is 0 Å². The predicted octanol–water partition coefficient (Wildman–Crippen LogP) is 2.71. The van der Waals surface area contributed by atoms with E-state index in [9.17, 15) is 0 Å². The molecule has 2 atom stereocenters. The Bertz CT molecular complexity index is 499. The normalized spacial score (nSPS) is 21.6. The number of aromatic amines is 1. The largest absolute Gasteiger partial charge is 0.356 e. The number of nitrogens with two attached hydrogens (primary N) is 1.